The molecule has 1 aliphatic heterocycles. The van der Waals surface area contributed by atoms with Gasteiger partial charge in [-0.15, -0.1) is 0 Å². The fourth-order valence-corrected chi connectivity index (χ4v) is 3.25. The van der Waals surface area contributed by atoms with Crippen LogP contribution in [0.5, 0.6) is 0 Å². The van der Waals surface area contributed by atoms with Crippen LogP contribution in [0, 0.1) is 0 Å². The van der Waals surface area contributed by atoms with Crippen LogP contribution in [0.25, 0.3) is 0 Å². The Balaban J connectivity index is 1.63. The third kappa shape index (κ3) is 3.92. The molecular weight excluding hydrogens is 312 g/mol. The van der Waals surface area contributed by atoms with Crippen LogP contribution in [0.2, 0.25) is 0 Å². The molecule has 122 valence electrons. The lowest BCUT2D eigenvalue weighted by Gasteiger charge is -2.36. The van der Waals surface area contributed by atoms with E-state index in [-0.39, 0.29) is 18.1 Å². The molecule has 0 bridgehead atoms. The van der Waals surface area contributed by atoms with Gasteiger partial charge < -0.3 is 9.64 Å². The van der Waals surface area contributed by atoms with Crippen molar-refractivity contribution in [3.05, 3.63) is 41.7 Å². The number of benzene rings is 1. The predicted molar refractivity (Wildman–Crippen MR) is 88.3 cm³/mol. The molecule has 2 aromatic rings. The molecule has 0 saturated carbocycles. The molecule has 6 nitrogen and oxygen atoms in total. The maximum atomic E-state index is 12.7. The van der Waals surface area contributed by atoms with E-state index < -0.39 is 0 Å². The molecule has 2 heterocycles. The molecule has 1 aliphatic rings. The Hall–Kier alpha value is -1.86. The van der Waals surface area contributed by atoms with E-state index in [4.69, 9.17) is 4.74 Å². The molecule has 1 aromatic carbocycles. The minimum Gasteiger partial charge on any atom is -0.375 e. The second kappa shape index (κ2) is 7.14. The first-order chi connectivity index (χ1) is 11.1. The zero-order valence-electron chi connectivity index (χ0n) is 13.2. The number of hydrogen-bond acceptors (Lipinski definition) is 5. The van der Waals surface area contributed by atoms with Gasteiger partial charge in [-0.3, -0.25) is 9.89 Å². The summed E-state index contributed by atoms with van der Waals surface area (Å²) in [7, 11) is 0. The summed E-state index contributed by atoms with van der Waals surface area (Å²) in [5, 5.41) is 7.43. The third-order valence-corrected chi connectivity index (χ3v) is 4.79. The average Bonchev–Trinajstić information content (AvgIpc) is 3.08. The Bertz CT molecular complexity index is 645. The summed E-state index contributed by atoms with van der Waals surface area (Å²) in [6.45, 7) is 5.25. The van der Waals surface area contributed by atoms with Crippen molar-refractivity contribution in [1.29, 1.82) is 0 Å². The monoisotopic (exact) mass is 332 g/mol. The van der Waals surface area contributed by atoms with Gasteiger partial charge in [0.15, 0.2) is 5.16 Å². The number of aromatic amines is 1. The van der Waals surface area contributed by atoms with E-state index in [2.05, 4.69) is 15.2 Å². The van der Waals surface area contributed by atoms with E-state index in [1.165, 1.54) is 6.33 Å². The lowest BCUT2D eigenvalue weighted by atomic mass is 10.1. The summed E-state index contributed by atoms with van der Waals surface area (Å²) in [5.74, 6) is 0.858. The molecule has 2 unspecified atom stereocenters. The third-order valence-electron chi connectivity index (χ3n) is 3.84. The van der Waals surface area contributed by atoms with Crippen LogP contribution in [0.15, 0.2) is 35.7 Å². The SMILES string of the molecule is CC1CN(C(=O)c2ccc(CSc3ncn[nH]3)cc2)C(C)CO1. The molecule has 7 heteroatoms. The topological polar surface area (TPSA) is 71.1 Å². The number of amides is 1. The van der Waals surface area contributed by atoms with Crippen molar-refractivity contribution in [3.8, 4) is 0 Å². The summed E-state index contributed by atoms with van der Waals surface area (Å²) in [6.07, 6.45) is 1.59. The van der Waals surface area contributed by atoms with Crippen LogP contribution in [-0.2, 0) is 10.5 Å². The number of H-pyrrole nitrogens is 1. The predicted octanol–water partition coefficient (Wildman–Crippen LogP) is 2.35. The largest absolute Gasteiger partial charge is 0.375 e. The molecule has 3 rings (SSSR count). The van der Waals surface area contributed by atoms with Gasteiger partial charge in [-0.1, -0.05) is 23.9 Å². The van der Waals surface area contributed by atoms with Gasteiger partial charge in [-0.2, -0.15) is 5.10 Å². The molecule has 2 atom stereocenters. The zero-order valence-corrected chi connectivity index (χ0v) is 14.0. The molecule has 1 fully saturated rings. The van der Waals surface area contributed by atoms with Crippen molar-refractivity contribution in [1.82, 2.24) is 20.1 Å². The van der Waals surface area contributed by atoms with Crippen molar-refractivity contribution in [3.63, 3.8) is 0 Å². The first-order valence-corrected chi connectivity index (χ1v) is 8.61. The second-order valence-electron chi connectivity index (χ2n) is 5.73. The van der Waals surface area contributed by atoms with E-state index in [1.807, 2.05) is 43.0 Å². The van der Waals surface area contributed by atoms with Gasteiger partial charge >= 0.3 is 0 Å². The summed E-state index contributed by atoms with van der Waals surface area (Å²) in [6, 6.07) is 7.88. The van der Waals surface area contributed by atoms with Gasteiger partial charge in [-0.25, -0.2) is 4.98 Å². The number of carbonyl (C=O) groups is 1. The molecule has 1 amide bonds. The maximum Gasteiger partial charge on any atom is 0.254 e. The Morgan fingerprint density at radius 3 is 2.87 bits per heavy atom. The van der Waals surface area contributed by atoms with Crippen molar-refractivity contribution in [2.75, 3.05) is 13.2 Å². The first-order valence-electron chi connectivity index (χ1n) is 7.63. The second-order valence-corrected chi connectivity index (χ2v) is 6.69. The number of thioether (sulfide) groups is 1. The van der Waals surface area contributed by atoms with Gasteiger partial charge in [0.1, 0.15) is 6.33 Å². The number of nitrogens with zero attached hydrogens (tertiary/aromatic N) is 3. The number of rotatable bonds is 4. The van der Waals surface area contributed by atoms with E-state index >= 15 is 0 Å². The highest BCUT2D eigenvalue weighted by molar-refractivity contribution is 7.98. The van der Waals surface area contributed by atoms with Crippen LogP contribution < -0.4 is 0 Å². The van der Waals surface area contributed by atoms with Crippen LogP contribution >= 0.6 is 11.8 Å². The lowest BCUT2D eigenvalue weighted by Crippen LogP contribution is -2.50. The number of morpholine rings is 1. The summed E-state index contributed by atoms with van der Waals surface area (Å²) >= 11 is 1.58. The van der Waals surface area contributed by atoms with E-state index in [0.29, 0.717) is 13.2 Å². The number of aromatic nitrogens is 3. The molecule has 23 heavy (non-hydrogen) atoms. The zero-order chi connectivity index (χ0) is 16.2. The van der Waals surface area contributed by atoms with Crippen LogP contribution in [0.3, 0.4) is 0 Å². The fourth-order valence-electron chi connectivity index (χ4n) is 2.51. The number of nitrogens with one attached hydrogen (secondary N) is 1. The van der Waals surface area contributed by atoms with E-state index in [1.54, 1.807) is 11.8 Å². The Labute approximate surface area is 139 Å². The minimum atomic E-state index is 0.0714. The van der Waals surface area contributed by atoms with Crippen molar-refractivity contribution < 1.29 is 9.53 Å². The van der Waals surface area contributed by atoms with Crippen molar-refractivity contribution in [2.45, 2.75) is 36.9 Å². The minimum absolute atomic E-state index is 0.0714. The fraction of sp³-hybridized carbons (Fsp3) is 0.438. The van der Waals surface area contributed by atoms with Gasteiger partial charge in [0, 0.05) is 17.9 Å². The molecule has 1 saturated heterocycles. The highest BCUT2D eigenvalue weighted by atomic mass is 32.2. The van der Waals surface area contributed by atoms with Crippen LogP contribution in [0.1, 0.15) is 29.8 Å². The number of carbonyl (C=O) groups excluding carboxylic acids is 1. The van der Waals surface area contributed by atoms with Gasteiger partial charge in [-0.05, 0) is 31.5 Å². The smallest absolute Gasteiger partial charge is 0.254 e. The molecule has 1 N–H and O–H groups in total. The van der Waals surface area contributed by atoms with Crippen molar-refractivity contribution >= 4 is 17.7 Å². The highest BCUT2D eigenvalue weighted by Crippen LogP contribution is 2.20. The van der Waals surface area contributed by atoms with Crippen LogP contribution in [0.4, 0.5) is 0 Å². The summed E-state index contributed by atoms with van der Waals surface area (Å²) in [5.41, 5.74) is 1.87. The molecular formula is C16H20N4O2S. The van der Waals surface area contributed by atoms with E-state index in [9.17, 15) is 4.79 Å². The van der Waals surface area contributed by atoms with E-state index in [0.717, 1.165) is 22.0 Å². The first kappa shape index (κ1) is 16.0. The van der Waals surface area contributed by atoms with Crippen LogP contribution in [-0.4, -0.2) is 51.3 Å². The Morgan fingerprint density at radius 2 is 2.17 bits per heavy atom. The standard InChI is InChI=1S/C16H20N4O2S/c1-11-8-22-12(2)7-20(11)15(21)14-5-3-13(4-6-14)9-23-16-17-10-18-19-16/h3-6,10-12H,7-9H2,1-2H3,(H,17,18,19). The normalized spacial score (nSPS) is 21.4. The molecule has 0 radical (unpaired) electrons. The van der Waals surface area contributed by atoms with Gasteiger partial charge in [0.25, 0.3) is 5.91 Å². The lowest BCUT2D eigenvalue weighted by molar-refractivity contribution is -0.0387. The number of hydrogen-bond donors (Lipinski definition) is 1. The number of ether oxygens (including phenoxy) is 1. The van der Waals surface area contributed by atoms with Gasteiger partial charge in [0.2, 0.25) is 0 Å². The Kier molecular flexibility index (Phi) is 4.97. The quantitative estimate of drug-likeness (QED) is 0.870. The highest BCUT2D eigenvalue weighted by Gasteiger charge is 2.28. The average molecular weight is 332 g/mol. The Morgan fingerprint density at radius 1 is 1.39 bits per heavy atom. The summed E-state index contributed by atoms with van der Waals surface area (Å²) in [4.78, 5) is 18.6. The maximum absolute atomic E-state index is 12.7. The summed E-state index contributed by atoms with van der Waals surface area (Å²) < 4.78 is 5.58. The molecule has 1 aromatic heterocycles. The molecule has 0 aliphatic carbocycles. The molecule has 0 spiro atoms. The van der Waals surface area contributed by atoms with Gasteiger partial charge in [0.05, 0.1) is 18.8 Å². The van der Waals surface area contributed by atoms with Crippen molar-refractivity contribution in [2.24, 2.45) is 0 Å².